The van der Waals surface area contributed by atoms with E-state index in [4.69, 9.17) is 4.42 Å². The Labute approximate surface area is 146 Å². The van der Waals surface area contributed by atoms with E-state index in [0.29, 0.717) is 25.6 Å². The van der Waals surface area contributed by atoms with Crippen LogP contribution in [0.4, 0.5) is 5.69 Å². The Hall–Kier alpha value is -3.09. The standard InChI is InChI=1S/C18H22N4O3/c1-14(2)11-19-18(21(3)13-17-5-4-10-25-17)20-12-15-6-8-16(9-7-15)22(23)24/h4-10H,1,11-13H2,2-3H3,(H,19,20). The Kier molecular flexibility index (Phi) is 6.33. The molecular weight excluding hydrogens is 320 g/mol. The van der Waals surface area contributed by atoms with E-state index in [2.05, 4.69) is 16.9 Å². The molecule has 0 aliphatic carbocycles. The minimum atomic E-state index is -0.413. The Balaban J connectivity index is 2.08. The molecule has 0 aliphatic heterocycles. The predicted molar refractivity (Wildman–Crippen MR) is 97.2 cm³/mol. The van der Waals surface area contributed by atoms with Gasteiger partial charge in [0.15, 0.2) is 5.96 Å². The summed E-state index contributed by atoms with van der Waals surface area (Å²) in [6.07, 6.45) is 1.64. The van der Waals surface area contributed by atoms with E-state index in [0.717, 1.165) is 16.9 Å². The largest absolute Gasteiger partial charge is 0.467 e. The van der Waals surface area contributed by atoms with Gasteiger partial charge in [-0.3, -0.25) is 10.1 Å². The molecule has 0 atom stereocenters. The Bertz CT molecular complexity index is 736. The summed E-state index contributed by atoms with van der Waals surface area (Å²) in [7, 11) is 1.92. The lowest BCUT2D eigenvalue weighted by atomic mass is 10.2. The third-order valence-corrected chi connectivity index (χ3v) is 3.44. The zero-order valence-electron chi connectivity index (χ0n) is 14.4. The molecule has 1 N–H and O–H groups in total. The average Bonchev–Trinajstić information content (AvgIpc) is 3.07. The number of nitrogens with one attached hydrogen (secondary N) is 1. The van der Waals surface area contributed by atoms with Crippen molar-refractivity contribution in [1.82, 2.24) is 10.2 Å². The van der Waals surface area contributed by atoms with Gasteiger partial charge in [0, 0.05) is 25.7 Å². The maximum absolute atomic E-state index is 10.7. The number of hydrogen-bond donors (Lipinski definition) is 1. The molecule has 25 heavy (non-hydrogen) atoms. The third-order valence-electron chi connectivity index (χ3n) is 3.44. The number of benzene rings is 1. The molecular formula is C18H22N4O3. The van der Waals surface area contributed by atoms with E-state index in [1.165, 1.54) is 12.1 Å². The van der Waals surface area contributed by atoms with Gasteiger partial charge in [0.1, 0.15) is 5.76 Å². The number of nitrogens with zero attached hydrogens (tertiary/aromatic N) is 3. The first-order valence-corrected chi connectivity index (χ1v) is 7.85. The van der Waals surface area contributed by atoms with Crippen LogP contribution in [0.3, 0.4) is 0 Å². The van der Waals surface area contributed by atoms with Gasteiger partial charge in [-0.05, 0) is 24.6 Å². The van der Waals surface area contributed by atoms with Crippen LogP contribution in [0.1, 0.15) is 18.2 Å². The highest BCUT2D eigenvalue weighted by atomic mass is 16.6. The second-order valence-electron chi connectivity index (χ2n) is 5.81. The SMILES string of the molecule is C=C(C)CNC(=NCc1ccc([N+](=O)[O-])cc1)N(C)Cc1ccco1. The van der Waals surface area contributed by atoms with Crippen molar-refractivity contribution >= 4 is 11.6 Å². The van der Waals surface area contributed by atoms with Crippen LogP contribution in [0.25, 0.3) is 0 Å². The summed E-state index contributed by atoms with van der Waals surface area (Å²) < 4.78 is 5.37. The lowest BCUT2D eigenvalue weighted by Crippen LogP contribution is -2.39. The summed E-state index contributed by atoms with van der Waals surface area (Å²) in [6, 6.07) is 10.1. The molecule has 0 unspecified atom stereocenters. The van der Waals surface area contributed by atoms with Gasteiger partial charge < -0.3 is 14.6 Å². The molecule has 2 aromatic rings. The summed E-state index contributed by atoms with van der Waals surface area (Å²) in [5.74, 6) is 1.54. The fourth-order valence-corrected chi connectivity index (χ4v) is 2.14. The van der Waals surface area contributed by atoms with Gasteiger partial charge >= 0.3 is 0 Å². The average molecular weight is 342 g/mol. The monoisotopic (exact) mass is 342 g/mol. The molecule has 7 nitrogen and oxygen atoms in total. The Morgan fingerprint density at radius 3 is 2.64 bits per heavy atom. The zero-order chi connectivity index (χ0) is 18.2. The topological polar surface area (TPSA) is 83.9 Å². The van der Waals surface area contributed by atoms with Crippen molar-refractivity contribution in [1.29, 1.82) is 0 Å². The second kappa shape index (κ2) is 8.68. The van der Waals surface area contributed by atoms with Crippen LogP contribution in [0.5, 0.6) is 0 Å². The maximum Gasteiger partial charge on any atom is 0.269 e. The lowest BCUT2D eigenvalue weighted by Gasteiger charge is -2.21. The Morgan fingerprint density at radius 1 is 1.36 bits per heavy atom. The molecule has 0 fully saturated rings. The van der Waals surface area contributed by atoms with Gasteiger partial charge in [-0.2, -0.15) is 0 Å². The van der Waals surface area contributed by atoms with E-state index in [1.807, 2.05) is 31.0 Å². The van der Waals surface area contributed by atoms with Gasteiger partial charge in [0.2, 0.25) is 0 Å². The lowest BCUT2D eigenvalue weighted by molar-refractivity contribution is -0.384. The summed E-state index contributed by atoms with van der Waals surface area (Å²) in [5, 5.41) is 14.0. The van der Waals surface area contributed by atoms with Gasteiger partial charge in [-0.1, -0.05) is 24.3 Å². The number of aliphatic imine (C=N–C) groups is 1. The van der Waals surface area contributed by atoms with Crippen LogP contribution < -0.4 is 5.32 Å². The molecule has 1 heterocycles. The van der Waals surface area contributed by atoms with Crippen LogP contribution >= 0.6 is 0 Å². The second-order valence-corrected chi connectivity index (χ2v) is 5.81. The molecule has 0 radical (unpaired) electrons. The van der Waals surface area contributed by atoms with Crippen molar-refractivity contribution in [3.63, 3.8) is 0 Å². The van der Waals surface area contributed by atoms with Gasteiger partial charge in [-0.15, -0.1) is 0 Å². The molecule has 132 valence electrons. The maximum atomic E-state index is 10.7. The highest BCUT2D eigenvalue weighted by molar-refractivity contribution is 5.79. The molecule has 1 aromatic heterocycles. The van der Waals surface area contributed by atoms with E-state index in [-0.39, 0.29) is 5.69 Å². The summed E-state index contributed by atoms with van der Waals surface area (Å²) >= 11 is 0. The predicted octanol–water partition coefficient (Wildman–Crippen LogP) is 3.34. The molecule has 7 heteroatoms. The van der Waals surface area contributed by atoms with Crippen molar-refractivity contribution < 1.29 is 9.34 Å². The van der Waals surface area contributed by atoms with Crippen molar-refractivity contribution in [3.8, 4) is 0 Å². The molecule has 2 rings (SSSR count). The van der Waals surface area contributed by atoms with Crippen LogP contribution in [-0.4, -0.2) is 29.4 Å². The quantitative estimate of drug-likeness (QED) is 0.274. The molecule has 1 aromatic carbocycles. The number of nitro benzene ring substituents is 1. The first kappa shape index (κ1) is 18.3. The van der Waals surface area contributed by atoms with Crippen molar-refractivity contribution in [2.24, 2.45) is 4.99 Å². The number of nitro groups is 1. The van der Waals surface area contributed by atoms with Crippen LogP contribution in [-0.2, 0) is 13.1 Å². The normalized spacial score (nSPS) is 11.2. The van der Waals surface area contributed by atoms with Gasteiger partial charge in [0.25, 0.3) is 5.69 Å². The molecule has 0 amide bonds. The van der Waals surface area contributed by atoms with Crippen molar-refractivity contribution in [3.05, 3.63) is 76.3 Å². The molecule has 0 aliphatic rings. The number of hydrogen-bond acceptors (Lipinski definition) is 4. The highest BCUT2D eigenvalue weighted by Gasteiger charge is 2.09. The van der Waals surface area contributed by atoms with Gasteiger partial charge in [0.05, 0.1) is 24.3 Å². The fourth-order valence-electron chi connectivity index (χ4n) is 2.14. The number of non-ortho nitro benzene ring substituents is 1. The van der Waals surface area contributed by atoms with Gasteiger partial charge in [-0.25, -0.2) is 4.99 Å². The van der Waals surface area contributed by atoms with Crippen molar-refractivity contribution in [2.75, 3.05) is 13.6 Å². The summed E-state index contributed by atoms with van der Waals surface area (Å²) in [4.78, 5) is 16.9. The third kappa shape index (κ3) is 5.80. The van der Waals surface area contributed by atoms with Crippen LogP contribution in [0.2, 0.25) is 0 Å². The Morgan fingerprint density at radius 2 is 2.08 bits per heavy atom. The van der Waals surface area contributed by atoms with E-state index >= 15 is 0 Å². The summed E-state index contributed by atoms with van der Waals surface area (Å²) in [6.45, 7) is 7.43. The molecule has 0 bridgehead atoms. The minimum Gasteiger partial charge on any atom is -0.467 e. The zero-order valence-corrected chi connectivity index (χ0v) is 14.4. The molecule has 0 saturated heterocycles. The van der Waals surface area contributed by atoms with E-state index in [9.17, 15) is 10.1 Å². The first-order chi connectivity index (χ1) is 12.0. The number of furan rings is 1. The van der Waals surface area contributed by atoms with E-state index < -0.39 is 4.92 Å². The fraction of sp³-hybridized carbons (Fsp3) is 0.278. The van der Waals surface area contributed by atoms with E-state index in [1.54, 1.807) is 18.4 Å². The highest BCUT2D eigenvalue weighted by Crippen LogP contribution is 2.13. The summed E-state index contributed by atoms with van der Waals surface area (Å²) in [5.41, 5.74) is 1.96. The smallest absolute Gasteiger partial charge is 0.269 e. The van der Waals surface area contributed by atoms with Crippen LogP contribution in [0, 0.1) is 10.1 Å². The molecule has 0 saturated carbocycles. The molecule has 0 spiro atoms. The van der Waals surface area contributed by atoms with Crippen molar-refractivity contribution in [2.45, 2.75) is 20.0 Å². The minimum absolute atomic E-state index is 0.0725. The number of rotatable bonds is 7. The first-order valence-electron chi connectivity index (χ1n) is 7.85. The van der Waals surface area contributed by atoms with Crippen LogP contribution in [0.15, 0.2) is 64.2 Å². The number of guanidine groups is 1.